The van der Waals surface area contributed by atoms with Gasteiger partial charge in [-0.1, -0.05) is 36.4 Å². The molecule has 0 unspecified atom stereocenters. The van der Waals surface area contributed by atoms with Gasteiger partial charge in [0.1, 0.15) is 13.2 Å². The molecule has 0 atom stereocenters. The molecule has 2 aromatic carbocycles. The summed E-state index contributed by atoms with van der Waals surface area (Å²) in [5.41, 5.74) is 2.23. The van der Waals surface area contributed by atoms with Crippen molar-refractivity contribution in [3.8, 4) is 11.5 Å². The van der Waals surface area contributed by atoms with Crippen molar-refractivity contribution in [2.75, 3.05) is 26.8 Å². The van der Waals surface area contributed by atoms with Gasteiger partial charge in [-0.3, -0.25) is 0 Å². The predicted molar refractivity (Wildman–Crippen MR) is 92.4 cm³/mol. The number of benzene rings is 2. The molecule has 126 valence electrons. The molecule has 1 aliphatic rings. The van der Waals surface area contributed by atoms with Gasteiger partial charge in [-0.2, -0.15) is 0 Å². The molecule has 5 nitrogen and oxygen atoms in total. The lowest BCUT2D eigenvalue weighted by molar-refractivity contribution is 0.171. The van der Waals surface area contributed by atoms with E-state index in [2.05, 4.69) is 5.32 Å². The van der Waals surface area contributed by atoms with Crippen molar-refractivity contribution in [2.45, 2.75) is 13.0 Å². The Balaban J connectivity index is 1.46. The van der Waals surface area contributed by atoms with Gasteiger partial charge in [0.15, 0.2) is 11.5 Å². The Morgan fingerprint density at radius 3 is 2.58 bits per heavy atom. The lowest BCUT2D eigenvalue weighted by Crippen LogP contribution is -2.37. The highest BCUT2D eigenvalue weighted by atomic mass is 16.6. The molecule has 0 aromatic heterocycles. The van der Waals surface area contributed by atoms with Crippen molar-refractivity contribution < 1.29 is 14.3 Å². The molecule has 0 saturated heterocycles. The molecular weight excluding hydrogens is 304 g/mol. The molecule has 1 aliphatic heterocycles. The molecular formula is C19H22N2O3. The number of amides is 2. The van der Waals surface area contributed by atoms with Gasteiger partial charge in [-0.05, 0) is 29.7 Å². The fourth-order valence-corrected chi connectivity index (χ4v) is 2.62. The van der Waals surface area contributed by atoms with E-state index in [1.807, 2.05) is 48.5 Å². The first-order valence-corrected chi connectivity index (χ1v) is 8.14. The number of ether oxygens (including phenoxy) is 2. The Kier molecular flexibility index (Phi) is 5.21. The first kappa shape index (κ1) is 16.2. The Labute approximate surface area is 142 Å². The van der Waals surface area contributed by atoms with E-state index in [-0.39, 0.29) is 6.03 Å². The van der Waals surface area contributed by atoms with Crippen LogP contribution in [0.25, 0.3) is 0 Å². The number of fused-ring (bicyclic) bond motifs is 1. The Bertz CT molecular complexity index is 688. The van der Waals surface area contributed by atoms with Crippen LogP contribution in [0.5, 0.6) is 11.5 Å². The number of carbonyl (C=O) groups excluding carboxylic acids is 1. The van der Waals surface area contributed by atoms with Gasteiger partial charge in [0.25, 0.3) is 0 Å². The fraction of sp³-hybridized carbons (Fsp3) is 0.316. The molecule has 1 N–H and O–H groups in total. The summed E-state index contributed by atoms with van der Waals surface area (Å²) in [4.78, 5) is 13.8. The smallest absolute Gasteiger partial charge is 0.317 e. The van der Waals surface area contributed by atoms with E-state index in [9.17, 15) is 4.79 Å². The first-order valence-electron chi connectivity index (χ1n) is 8.14. The number of hydrogen-bond donors (Lipinski definition) is 1. The lowest BCUT2D eigenvalue weighted by Gasteiger charge is -2.19. The van der Waals surface area contributed by atoms with Crippen LogP contribution in [0.15, 0.2) is 48.5 Å². The predicted octanol–water partition coefficient (Wildman–Crippen LogP) is 2.84. The number of nitrogens with one attached hydrogen (secondary N) is 1. The van der Waals surface area contributed by atoms with Gasteiger partial charge in [0, 0.05) is 20.1 Å². The molecule has 24 heavy (non-hydrogen) atoms. The summed E-state index contributed by atoms with van der Waals surface area (Å²) >= 11 is 0. The van der Waals surface area contributed by atoms with Crippen LogP contribution < -0.4 is 14.8 Å². The number of nitrogens with zero attached hydrogens (tertiary/aromatic N) is 1. The molecule has 0 spiro atoms. The highest BCUT2D eigenvalue weighted by Gasteiger charge is 2.12. The van der Waals surface area contributed by atoms with Crippen molar-refractivity contribution in [3.05, 3.63) is 59.7 Å². The summed E-state index contributed by atoms with van der Waals surface area (Å²) in [5.74, 6) is 1.57. The third-order valence-electron chi connectivity index (χ3n) is 3.91. The maximum Gasteiger partial charge on any atom is 0.317 e. The van der Waals surface area contributed by atoms with Crippen LogP contribution in [0.3, 0.4) is 0 Å². The summed E-state index contributed by atoms with van der Waals surface area (Å²) in [7, 11) is 1.80. The van der Waals surface area contributed by atoms with Crippen LogP contribution in [0.4, 0.5) is 4.79 Å². The summed E-state index contributed by atoms with van der Waals surface area (Å²) in [5, 5.41) is 2.95. The van der Waals surface area contributed by atoms with E-state index >= 15 is 0 Å². The van der Waals surface area contributed by atoms with Crippen LogP contribution >= 0.6 is 0 Å². The van der Waals surface area contributed by atoms with E-state index in [1.54, 1.807) is 11.9 Å². The Hall–Kier alpha value is -2.69. The number of carbonyl (C=O) groups is 1. The van der Waals surface area contributed by atoms with E-state index in [0.717, 1.165) is 29.0 Å². The van der Waals surface area contributed by atoms with Crippen LogP contribution in [-0.2, 0) is 13.0 Å². The zero-order valence-corrected chi connectivity index (χ0v) is 13.8. The number of hydrogen-bond acceptors (Lipinski definition) is 3. The molecule has 1 heterocycles. The van der Waals surface area contributed by atoms with Crippen molar-refractivity contribution in [1.29, 1.82) is 0 Å². The topological polar surface area (TPSA) is 50.8 Å². The van der Waals surface area contributed by atoms with Crippen molar-refractivity contribution in [2.24, 2.45) is 0 Å². The second kappa shape index (κ2) is 7.73. The van der Waals surface area contributed by atoms with Crippen molar-refractivity contribution in [1.82, 2.24) is 10.2 Å². The van der Waals surface area contributed by atoms with Gasteiger partial charge in [-0.15, -0.1) is 0 Å². The molecule has 0 saturated carbocycles. The van der Waals surface area contributed by atoms with E-state index in [4.69, 9.17) is 9.47 Å². The van der Waals surface area contributed by atoms with E-state index < -0.39 is 0 Å². The van der Waals surface area contributed by atoms with E-state index in [1.165, 1.54) is 0 Å². The second-order valence-electron chi connectivity index (χ2n) is 5.80. The SMILES string of the molecule is CN(Cc1ccccc1)C(=O)NCCc1ccc2c(c1)OCCO2. The van der Waals surface area contributed by atoms with Crippen LogP contribution in [0.2, 0.25) is 0 Å². The highest BCUT2D eigenvalue weighted by Crippen LogP contribution is 2.30. The zero-order valence-electron chi connectivity index (χ0n) is 13.8. The van der Waals surface area contributed by atoms with Gasteiger partial charge < -0.3 is 19.7 Å². The Morgan fingerprint density at radius 1 is 1.04 bits per heavy atom. The van der Waals surface area contributed by atoms with Gasteiger partial charge >= 0.3 is 6.03 Å². The molecule has 0 bridgehead atoms. The molecule has 5 heteroatoms. The average Bonchev–Trinajstić information content (AvgIpc) is 2.62. The molecule has 2 aromatic rings. The van der Waals surface area contributed by atoms with Crippen molar-refractivity contribution >= 4 is 6.03 Å². The van der Waals surface area contributed by atoms with Crippen LogP contribution in [-0.4, -0.2) is 37.7 Å². The maximum atomic E-state index is 12.1. The lowest BCUT2D eigenvalue weighted by atomic mass is 10.1. The quantitative estimate of drug-likeness (QED) is 0.919. The van der Waals surface area contributed by atoms with E-state index in [0.29, 0.717) is 26.3 Å². The summed E-state index contributed by atoms with van der Waals surface area (Å²) in [6.45, 7) is 2.35. The third-order valence-corrected chi connectivity index (χ3v) is 3.91. The molecule has 0 aliphatic carbocycles. The summed E-state index contributed by atoms with van der Waals surface area (Å²) in [6.07, 6.45) is 0.752. The molecule has 3 rings (SSSR count). The third kappa shape index (κ3) is 4.19. The molecule has 0 fully saturated rings. The number of rotatable bonds is 5. The van der Waals surface area contributed by atoms with Crippen LogP contribution in [0, 0.1) is 0 Å². The minimum Gasteiger partial charge on any atom is -0.486 e. The number of urea groups is 1. The average molecular weight is 326 g/mol. The standard InChI is InChI=1S/C19H22N2O3/c1-21(14-16-5-3-2-4-6-16)19(22)20-10-9-15-7-8-17-18(13-15)24-12-11-23-17/h2-8,13H,9-12,14H2,1H3,(H,20,22). The maximum absolute atomic E-state index is 12.1. The summed E-state index contributed by atoms with van der Waals surface area (Å²) in [6, 6.07) is 15.8. The van der Waals surface area contributed by atoms with Gasteiger partial charge in [0.05, 0.1) is 0 Å². The van der Waals surface area contributed by atoms with Gasteiger partial charge in [-0.25, -0.2) is 4.79 Å². The van der Waals surface area contributed by atoms with Crippen LogP contribution in [0.1, 0.15) is 11.1 Å². The first-order chi connectivity index (χ1) is 11.7. The highest BCUT2D eigenvalue weighted by molar-refractivity contribution is 5.73. The fourth-order valence-electron chi connectivity index (χ4n) is 2.62. The minimum absolute atomic E-state index is 0.0728. The monoisotopic (exact) mass is 326 g/mol. The van der Waals surface area contributed by atoms with Gasteiger partial charge in [0.2, 0.25) is 0 Å². The summed E-state index contributed by atoms with van der Waals surface area (Å²) < 4.78 is 11.1. The second-order valence-corrected chi connectivity index (χ2v) is 5.80. The Morgan fingerprint density at radius 2 is 1.79 bits per heavy atom. The normalized spacial score (nSPS) is 12.5. The largest absolute Gasteiger partial charge is 0.486 e. The zero-order chi connectivity index (χ0) is 16.8. The van der Waals surface area contributed by atoms with Crippen molar-refractivity contribution in [3.63, 3.8) is 0 Å². The molecule has 0 radical (unpaired) electrons. The molecule has 2 amide bonds. The minimum atomic E-state index is -0.0728.